The first kappa shape index (κ1) is 14.7. The second kappa shape index (κ2) is 4.29. The van der Waals surface area contributed by atoms with Crippen molar-refractivity contribution in [2.45, 2.75) is 82.5 Å². The van der Waals surface area contributed by atoms with Crippen LogP contribution >= 0.6 is 0 Å². The molecule has 0 bridgehead atoms. The van der Waals surface area contributed by atoms with Gasteiger partial charge in [-0.3, -0.25) is 4.79 Å². The molecule has 7 atom stereocenters. The third-order valence-corrected chi connectivity index (χ3v) is 8.34. The molecule has 4 fully saturated rings. The molecule has 0 unspecified atom stereocenters. The Morgan fingerprint density at radius 2 is 2.13 bits per heavy atom. The third-order valence-electron chi connectivity index (χ3n) is 8.34. The SMILES string of the molecule is C[C@H](O)[C@H]1CC[C@@H]2[C@@H]3CC[C@]45CC(=O)CC[C@]4(O5)C3=CC[C@]12C. The Balaban J connectivity index is 1.52. The van der Waals surface area contributed by atoms with Gasteiger partial charge in [0.2, 0.25) is 0 Å². The Morgan fingerprint density at radius 3 is 2.91 bits per heavy atom. The van der Waals surface area contributed by atoms with Crippen LogP contribution < -0.4 is 0 Å². The van der Waals surface area contributed by atoms with Crippen LogP contribution in [0, 0.1) is 23.2 Å². The zero-order valence-corrected chi connectivity index (χ0v) is 14.3. The van der Waals surface area contributed by atoms with Crippen molar-refractivity contribution in [2.24, 2.45) is 23.2 Å². The van der Waals surface area contributed by atoms with Gasteiger partial charge in [-0.2, -0.15) is 0 Å². The van der Waals surface area contributed by atoms with Crippen molar-refractivity contribution in [3.8, 4) is 0 Å². The molecule has 0 radical (unpaired) electrons. The van der Waals surface area contributed by atoms with Crippen molar-refractivity contribution in [1.82, 2.24) is 0 Å². The number of epoxide rings is 1. The highest BCUT2D eigenvalue weighted by Gasteiger charge is 2.76. The second-order valence-electron chi connectivity index (χ2n) is 9.18. The molecule has 1 N–H and O–H groups in total. The van der Waals surface area contributed by atoms with E-state index < -0.39 is 0 Å². The molecule has 0 aromatic rings. The first-order chi connectivity index (χ1) is 10.9. The van der Waals surface area contributed by atoms with E-state index in [1.165, 1.54) is 12.8 Å². The van der Waals surface area contributed by atoms with Gasteiger partial charge in [0.25, 0.3) is 0 Å². The number of fused-ring (bicyclic) bond motifs is 3. The second-order valence-corrected chi connectivity index (χ2v) is 9.18. The molecule has 5 aliphatic rings. The van der Waals surface area contributed by atoms with Crippen molar-refractivity contribution in [2.75, 3.05) is 0 Å². The standard InChI is InChI=1S/C20H28O3/c1-12(21)15-3-4-16-14-6-9-19-11-13(22)5-10-20(19,23-19)17(14)7-8-18(15,16)2/h7,12,14-16,21H,3-6,8-11H2,1-2H3/t12-,14-,15+,16+,18+,19-,20-/m0/s1. The van der Waals surface area contributed by atoms with E-state index in [0.29, 0.717) is 36.4 Å². The van der Waals surface area contributed by atoms with Crippen molar-refractivity contribution >= 4 is 5.78 Å². The number of carbonyl (C=O) groups is 1. The molecule has 23 heavy (non-hydrogen) atoms. The average molecular weight is 316 g/mol. The Kier molecular flexibility index (Phi) is 2.73. The van der Waals surface area contributed by atoms with Gasteiger partial charge in [0.15, 0.2) is 0 Å². The van der Waals surface area contributed by atoms with Gasteiger partial charge in [0, 0.05) is 12.8 Å². The molecule has 126 valence electrons. The van der Waals surface area contributed by atoms with E-state index in [9.17, 15) is 9.90 Å². The third kappa shape index (κ3) is 1.61. The highest BCUT2D eigenvalue weighted by Crippen LogP contribution is 2.72. The minimum atomic E-state index is -0.203. The molecular formula is C20H28O3. The molecule has 3 saturated carbocycles. The van der Waals surface area contributed by atoms with Gasteiger partial charge in [-0.1, -0.05) is 13.0 Å². The van der Waals surface area contributed by atoms with Crippen molar-refractivity contribution in [1.29, 1.82) is 0 Å². The van der Waals surface area contributed by atoms with Crippen LogP contribution in [0.15, 0.2) is 11.6 Å². The summed E-state index contributed by atoms with van der Waals surface area (Å²) in [4.78, 5) is 11.9. The van der Waals surface area contributed by atoms with E-state index >= 15 is 0 Å². The predicted octanol–water partition coefficient (Wildman–Crippen LogP) is 3.40. The topological polar surface area (TPSA) is 49.8 Å². The molecule has 4 aliphatic carbocycles. The van der Waals surface area contributed by atoms with Crippen molar-refractivity contribution in [3.63, 3.8) is 0 Å². The lowest BCUT2D eigenvalue weighted by molar-refractivity contribution is -0.121. The van der Waals surface area contributed by atoms with Gasteiger partial charge in [-0.25, -0.2) is 0 Å². The van der Waals surface area contributed by atoms with Crippen LogP contribution in [0.25, 0.3) is 0 Å². The fraction of sp³-hybridized carbons (Fsp3) is 0.850. The molecule has 3 nitrogen and oxygen atoms in total. The van der Waals surface area contributed by atoms with Crippen LogP contribution in [0.5, 0.6) is 0 Å². The van der Waals surface area contributed by atoms with E-state index in [1.807, 2.05) is 6.92 Å². The molecule has 0 spiro atoms. The molecule has 5 rings (SSSR count). The summed E-state index contributed by atoms with van der Waals surface area (Å²) in [5, 5.41) is 10.2. The van der Waals surface area contributed by atoms with Crippen LogP contribution in [-0.2, 0) is 9.53 Å². The maximum Gasteiger partial charge on any atom is 0.136 e. The van der Waals surface area contributed by atoms with Gasteiger partial charge >= 0.3 is 0 Å². The van der Waals surface area contributed by atoms with Gasteiger partial charge in [0.1, 0.15) is 17.0 Å². The zero-order chi connectivity index (χ0) is 16.0. The molecule has 1 heterocycles. The summed E-state index contributed by atoms with van der Waals surface area (Å²) >= 11 is 0. The lowest BCUT2D eigenvalue weighted by atomic mass is 9.53. The van der Waals surface area contributed by atoms with Gasteiger partial charge in [0.05, 0.1) is 6.10 Å². The number of ether oxygens (including phenoxy) is 1. The number of carbonyl (C=O) groups excluding carboxylic acids is 1. The van der Waals surface area contributed by atoms with E-state index in [0.717, 1.165) is 25.7 Å². The Labute approximate surface area is 138 Å². The zero-order valence-electron chi connectivity index (χ0n) is 14.3. The fourth-order valence-electron chi connectivity index (χ4n) is 7.25. The number of aliphatic hydroxyl groups is 1. The maximum atomic E-state index is 11.9. The molecule has 0 aromatic carbocycles. The minimum absolute atomic E-state index is 0.0753. The van der Waals surface area contributed by atoms with E-state index in [2.05, 4.69) is 13.0 Å². The Hall–Kier alpha value is -0.670. The van der Waals surface area contributed by atoms with Crippen LogP contribution in [0.4, 0.5) is 0 Å². The van der Waals surface area contributed by atoms with Crippen LogP contribution in [0.3, 0.4) is 0 Å². The number of hydrogen-bond donors (Lipinski definition) is 1. The van der Waals surface area contributed by atoms with E-state index in [1.54, 1.807) is 5.57 Å². The average Bonchev–Trinajstić information content (AvgIpc) is 3.05. The smallest absolute Gasteiger partial charge is 0.136 e. The molecule has 1 saturated heterocycles. The summed E-state index contributed by atoms with van der Waals surface area (Å²) in [5.74, 6) is 2.15. The number of rotatable bonds is 1. The predicted molar refractivity (Wildman–Crippen MR) is 86.8 cm³/mol. The molecule has 1 aliphatic heterocycles. The van der Waals surface area contributed by atoms with Crippen molar-refractivity contribution in [3.05, 3.63) is 11.6 Å². The molecule has 3 heteroatoms. The minimum Gasteiger partial charge on any atom is -0.393 e. The number of aliphatic hydroxyl groups excluding tert-OH is 1. The lowest BCUT2D eigenvalue weighted by Crippen LogP contribution is -2.48. The lowest BCUT2D eigenvalue weighted by Gasteiger charge is -2.49. The molecular weight excluding hydrogens is 288 g/mol. The maximum absolute atomic E-state index is 11.9. The summed E-state index contributed by atoms with van der Waals surface area (Å²) in [6.45, 7) is 4.38. The number of hydrogen-bond acceptors (Lipinski definition) is 3. The van der Waals surface area contributed by atoms with Gasteiger partial charge in [-0.15, -0.1) is 0 Å². The largest absolute Gasteiger partial charge is 0.393 e. The monoisotopic (exact) mass is 316 g/mol. The highest BCUT2D eigenvalue weighted by molar-refractivity contribution is 5.83. The van der Waals surface area contributed by atoms with Crippen LogP contribution in [0.1, 0.15) is 65.2 Å². The van der Waals surface area contributed by atoms with Gasteiger partial charge < -0.3 is 9.84 Å². The Morgan fingerprint density at radius 1 is 1.30 bits per heavy atom. The first-order valence-corrected chi connectivity index (χ1v) is 9.52. The summed E-state index contributed by atoms with van der Waals surface area (Å²) in [6, 6.07) is 0. The number of Topliss-reactive ketones (excluding diaryl/α,β-unsaturated/α-hetero) is 1. The highest BCUT2D eigenvalue weighted by atomic mass is 16.6. The quantitative estimate of drug-likeness (QED) is 0.596. The number of ketones is 1. The normalized spacial score (nSPS) is 55.2. The first-order valence-electron chi connectivity index (χ1n) is 9.52. The van der Waals surface area contributed by atoms with Crippen LogP contribution in [0.2, 0.25) is 0 Å². The summed E-state index contributed by atoms with van der Waals surface area (Å²) in [5.41, 5.74) is 1.59. The van der Waals surface area contributed by atoms with E-state index in [4.69, 9.17) is 4.74 Å². The summed E-state index contributed by atoms with van der Waals surface area (Å²) in [6.07, 6.45) is 10.2. The fourth-order valence-corrected chi connectivity index (χ4v) is 7.25. The number of allylic oxidation sites excluding steroid dienone is 1. The molecule has 0 aromatic heterocycles. The van der Waals surface area contributed by atoms with E-state index in [-0.39, 0.29) is 22.7 Å². The summed E-state index contributed by atoms with van der Waals surface area (Å²) in [7, 11) is 0. The van der Waals surface area contributed by atoms with Gasteiger partial charge in [-0.05, 0) is 74.2 Å². The molecule has 0 amide bonds. The summed E-state index contributed by atoms with van der Waals surface area (Å²) < 4.78 is 6.37. The van der Waals surface area contributed by atoms with Crippen LogP contribution in [-0.4, -0.2) is 28.2 Å². The Bertz CT molecular complexity index is 608. The van der Waals surface area contributed by atoms with Crippen molar-refractivity contribution < 1.29 is 14.6 Å².